The van der Waals surface area contributed by atoms with Crippen molar-refractivity contribution in [2.24, 2.45) is 0 Å². The molecule has 0 saturated heterocycles. The summed E-state index contributed by atoms with van der Waals surface area (Å²) in [5, 5.41) is 15.2. The van der Waals surface area contributed by atoms with Gasteiger partial charge in [0.1, 0.15) is 5.75 Å². The number of aromatic nitrogens is 2. The van der Waals surface area contributed by atoms with Crippen LogP contribution in [-0.2, 0) is 0 Å². The molecule has 1 heterocycles. The summed E-state index contributed by atoms with van der Waals surface area (Å²) in [5.74, 6) is 1.41. The molecule has 5 heteroatoms. The minimum Gasteiger partial charge on any atom is -0.591 e. The number of rotatable bonds is 3. The van der Waals surface area contributed by atoms with E-state index < -0.39 is 0 Å². The summed E-state index contributed by atoms with van der Waals surface area (Å²) < 4.78 is 5.63. The Morgan fingerprint density at radius 3 is 2.72 bits per heavy atom. The van der Waals surface area contributed by atoms with Crippen LogP contribution in [0, 0.1) is 5.21 Å². The minimum absolute atomic E-state index is 0.132. The summed E-state index contributed by atoms with van der Waals surface area (Å²) in [6.07, 6.45) is 2.35. The highest BCUT2D eigenvalue weighted by molar-refractivity contribution is 6.29. The zero-order chi connectivity index (χ0) is 12.5. The molecule has 1 aliphatic rings. The average molecular weight is 263 g/mol. The Morgan fingerprint density at radius 1 is 1.22 bits per heavy atom. The highest BCUT2D eigenvalue weighted by atomic mass is 35.5. The van der Waals surface area contributed by atoms with Crippen LogP contribution in [0.3, 0.4) is 0 Å². The molecular weight excluding hydrogens is 252 g/mol. The summed E-state index contributed by atoms with van der Waals surface area (Å²) in [6.45, 7) is 0. The average Bonchev–Trinajstić information content (AvgIpc) is 3.17. The highest BCUT2D eigenvalue weighted by Crippen LogP contribution is 2.44. The van der Waals surface area contributed by atoms with Crippen LogP contribution in [0.2, 0.25) is 5.15 Å². The van der Waals surface area contributed by atoms with Gasteiger partial charge in [0.25, 0.3) is 0 Å². The first-order valence-corrected chi connectivity index (χ1v) is 6.15. The highest BCUT2D eigenvalue weighted by Gasteiger charge is 2.27. The molecule has 1 aliphatic carbocycles. The normalized spacial score (nSPS) is 14.5. The number of ether oxygens (including phenoxy) is 1. The molecule has 2 aromatic rings. The van der Waals surface area contributed by atoms with Crippen LogP contribution >= 0.6 is 11.6 Å². The first kappa shape index (κ1) is 11.3. The smallest absolute Gasteiger partial charge is 0.411 e. The van der Waals surface area contributed by atoms with Gasteiger partial charge >= 0.3 is 5.88 Å². The number of hydrogen-bond donors (Lipinski definition) is 0. The summed E-state index contributed by atoms with van der Waals surface area (Å²) >= 11 is 5.62. The molecule has 0 amide bonds. The molecule has 18 heavy (non-hydrogen) atoms. The number of para-hydroxylation sites is 1. The largest absolute Gasteiger partial charge is 0.591 e. The Kier molecular flexibility index (Phi) is 2.80. The van der Waals surface area contributed by atoms with Crippen molar-refractivity contribution >= 4 is 11.6 Å². The molecule has 4 nitrogen and oxygen atoms in total. The molecule has 0 N–H and O–H groups in total. The van der Waals surface area contributed by atoms with Crippen molar-refractivity contribution in [2.75, 3.05) is 0 Å². The van der Waals surface area contributed by atoms with Crippen molar-refractivity contribution in [2.45, 2.75) is 18.8 Å². The van der Waals surface area contributed by atoms with Gasteiger partial charge in [-0.25, -0.2) is 0 Å². The fourth-order valence-electron chi connectivity index (χ4n) is 1.86. The first-order valence-electron chi connectivity index (χ1n) is 5.77. The minimum atomic E-state index is 0.132. The van der Waals surface area contributed by atoms with Crippen LogP contribution in [0.25, 0.3) is 0 Å². The molecule has 1 saturated carbocycles. The lowest BCUT2D eigenvalue weighted by Gasteiger charge is -2.08. The van der Waals surface area contributed by atoms with Gasteiger partial charge in [0, 0.05) is 5.10 Å². The third kappa shape index (κ3) is 2.24. The predicted molar refractivity (Wildman–Crippen MR) is 66.7 cm³/mol. The molecule has 0 unspecified atom stereocenters. The molecule has 3 rings (SSSR count). The van der Waals surface area contributed by atoms with E-state index in [4.69, 9.17) is 16.3 Å². The van der Waals surface area contributed by atoms with Crippen molar-refractivity contribution in [3.8, 4) is 11.6 Å². The summed E-state index contributed by atoms with van der Waals surface area (Å²) in [4.78, 5) is 0.395. The third-order valence-electron chi connectivity index (χ3n) is 2.89. The van der Waals surface area contributed by atoms with Gasteiger partial charge in [-0.15, -0.1) is 0 Å². The molecule has 0 bridgehead atoms. The molecule has 0 radical (unpaired) electrons. The predicted octanol–water partition coefficient (Wildman–Crippen LogP) is 3.04. The molecule has 92 valence electrons. The topological polar surface area (TPSA) is 49.1 Å². The van der Waals surface area contributed by atoms with E-state index in [1.165, 1.54) is 25.0 Å². The van der Waals surface area contributed by atoms with Crippen LogP contribution in [0.15, 0.2) is 36.4 Å². The molecule has 0 atom stereocenters. The van der Waals surface area contributed by atoms with Gasteiger partial charge in [0.15, 0.2) is 5.15 Å². The van der Waals surface area contributed by atoms with Crippen LogP contribution in [0.4, 0.5) is 0 Å². The number of halogens is 1. The van der Waals surface area contributed by atoms with Gasteiger partial charge in [0.2, 0.25) is 0 Å². The van der Waals surface area contributed by atoms with Crippen LogP contribution in [0.1, 0.15) is 24.3 Å². The van der Waals surface area contributed by atoms with Crippen molar-refractivity contribution in [1.82, 2.24) is 5.10 Å². The quantitative estimate of drug-likeness (QED) is 0.631. The Balaban J connectivity index is 1.92. The third-order valence-corrected chi connectivity index (χ3v) is 3.09. The lowest BCUT2D eigenvalue weighted by molar-refractivity contribution is -0.673. The fourth-order valence-corrected chi connectivity index (χ4v) is 2.00. The zero-order valence-electron chi connectivity index (χ0n) is 9.54. The van der Waals surface area contributed by atoms with E-state index in [1.54, 1.807) is 0 Å². The second-order valence-electron chi connectivity index (χ2n) is 4.28. The van der Waals surface area contributed by atoms with Crippen LogP contribution < -0.4 is 9.58 Å². The van der Waals surface area contributed by atoms with E-state index in [0.29, 0.717) is 16.5 Å². The van der Waals surface area contributed by atoms with Gasteiger partial charge in [-0.3, -0.25) is 0 Å². The van der Waals surface area contributed by atoms with Crippen molar-refractivity contribution < 1.29 is 9.58 Å². The van der Waals surface area contributed by atoms with Crippen LogP contribution in [-0.4, -0.2) is 5.10 Å². The summed E-state index contributed by atoms with van der Waals surface area (Å²) in [6, 6.07) is 10.8. The van der Waals surface area contributed by atoms with Crippen molar-refractivity contribution in [1.29, 1.82) is 0 Å². The Bertz CT molecular complexity index is 585. The number of hydrogen-bond acceptors (Lipinski definition) is 3. The first-order chi connectivity index (χ1) is 8.74. The Hall–Kier alpha value is -1.81. The standard InChI is InChI=1S/C13H11ClN2O2/c14-12-7-8-13(16(17)15-12)18-11-4-2-1-3-10(11)9-5-6-9/h1-4,7-9H,5-6H2. The van der Waals surface area contributed by atoms with Crippen molar-refractivity contribution in [3.63, 3.8) is 0 Å². The molecule has 0 spiro atoms. The Labute approximate surface area is 109 Å². The molecule has 1 aromatic carbocycles. The van der Waals surface area contributed by atoms with Gasteiger partial charge in [0.05, 0.1) is 6.07 Å². The SMILES string of the molecule is [O-][n+]1nc(Cl)ccc1Oc1ccccc1C1CC1. The van der Waals surface area contributed by atoms with Gasteiger partial charge in [-0.2, -0.15) is 0 Å². The lowest BCUT2D eigenvalue weighted by Crippen LogP contribution is -2.32. The maximum Gasteiger partial charge on any atom is 0.411 e. The lowest BCUT2D eigenvalue weighted by atomic mass is 10.1. The van der Waals surface area contributed by atoms with Gasteiger partial charge in [-0.05, 0) is 41.3 Å². The zero-order valence-corrected chi connectivity index (χ0v) is 10.3. The van der Waals surface area contributed by atoms with E-state index in [0.717, 1.165) is 5.56 Å². The van der Waals surface area contributed by atoms with E-state index in [9.17, 15) is 5.21 Å². The van der Waals surface area contributed by atoms with Crippen LogP contribution in [0.5, 0.6) is 11.6 Å². The number of benzene rings is 1. The molecule has 0 aliphatic heterocycles. The van der Waals surface area contributed by atoms with Gasteiger partial charge < -0.3 is 9.94 Å². The monoisotopic (exact) mass is 262 g/mol. The second kappa shape index (κ2) is 4.46. The molecule has 1 aromatic heterocycles. The van der Waals surface area contributed by atoms with E-state index in [2.05, 4.69) is 5.10 Å². The summed E-state index contributed by atoms with van der Waals surface area (Å²) in [5.41, 5.74) is 1.15. The van der Waals surface area contributed by atoms with E-state index in [-0.39, 0.29) is 11.0 Å². The van der Waals surface area contributed by atoms with Gasteiger partial charge in [-0.1, -0.05) is 29.8 Å². The second-order valence-corrected chi connectivity index (χ2v) is 4.67. The Morgan fingerprint density at radius 2 is 2.00 bits per heavy atom. The number of nitrogens with zero attached hydrogens (tertiary/aromatic N) is 2. The van der Waals surface area contributed by atoms with E-state index in [1.807, 2.05) is 24.3 Å². The summed E-state index contributed by atoms with van der Waals surface area (Å²) in [7, 11) is 0. The van der Waals surface area contributed by atoms with Crippen molar-refractivity contribution in [3.05, 3.63) is 52.3 Å². The van der Waals surface area contributed by atoms with E-state index >= 15 is 0 Å². The molecule has 1 fully saturated rings. The maximum atomic E-state index is 11.5. The maximum absolute atomic E-state index is 11.5. The fraction of sp³-hybridized carbons (Fsp3) is 0.231. The molecular formula is C13H11ClN2O2.